The largest absolute Gasteiger partial charge is 0.385 e. The Labute approximate surface area is 116 Å². The fourth-order valence-corrected chi connectivity index (χ4v) is 3.04. The molecule has 1 aromatic rings. The SMILES string of the molecule is COCCCN=C1Nc2ccc(Cl)cc2S(=O)(=O)N1. The van der Waals surface area contributed by atoms with Crippen molar-refractivity contribution in [3.8, 4) is 0 Å². The molecule has 6 nitrogen and oxygen atoms in total. The van der Waals surface area contributed by atoms with Gasteiger partial charge in [-0.25, -0.2) is 13.1 Å². The minimum absolute atomic E-state index is 0.121. The number of guanidine groups is 1. The zero-order valence-electron chi connectivity index (χ0n) is 10.3. The summed E-state index contributed by atoms with van der Waals surface area (Å²) in [7, 11) is -2.01. The van der Waals surface area contributed by atoms with Gasteiger partial charge in [0.15, 0.2) is 0 Å². The van der Waals surface area contributed by atoms with Crippen molar-refractivity contribution in [1.29, 1.82) is 0 Å². The number of ether oxygens (including phenoxy) is 1. The second-order valence-electron chi connectivity index (χ2n) is 3.95. The summed E-state index contributed by atoms with van der Waals surface area (Å²) in [6, 6.07) is 4.63. The molecule has 0 saturated carbocycles. The van der Waals surface area contributed by atoms with Gasteiger partial charge in [-0.1, -0.05) is 11.6 Å². The monoisotopic (exact) mass is 303 g/mol. The van der Waals surface area contributed by atoms with Gasteiger partial charge in [-0.3, -0.25) is 4.99 Å². The third kappa shape index (κ3) is 3.37. The van der Waals surface area contributed by atoms with E-state index in [1.807, 2.05) is 0 Å². The number of hydrogen-bond acceptors (Lipinski definition) is 4. The van der Waals surface area contributed by atoms with Crippen LogP contribution < -0.4 is 10.0 Å². The van der Waals surface area contributed by atoms with Gasteiger partial charge in [0.25, 0.3) is 10.0 Å². The predicted octanol–water partition coefficient (Wildman–Crippen LogP) is 1.44. The van der Waals surface area contributed by atoms with E-state index >= 15 is 0 Å². The van der Waals surface area contributed by atoms with E-state index < -0.39 is 10.0 Å². The summed E-state index contributed by atoms with van der Waals surface area (Å²) in [6.45, 7) is 1.05. The number of rotatable bonds is 4. The molecule has 1 aliphatic heterocycles. The quantitative estimate of drug-likeness (QED) is 0.825. The molecule has 2 rings (SSSR count). The van der Waals surface area contributed by atoms with Crippen LogP contribution in [-0.2, 0) is 14.8 Å². The summed E-state index contributed by atoms with van der Waals surface area (Å²) in [5.74, 6) is 0.214. The average molecular weight is 304 g/mol. The summed E-state index contributed by atoms with van der Waals surface area (Å²) in [5, 5.41) is 3.28. The Kier molecular flexibility index (Phi) is 4.28. The minimum atomic E-state index is -3.62. The number of anilines is 1. The van der Waals surface area contributed by atoms with E-state index in [0.29, 0.717) is 23.9 Å². The smallest absolute Gasteiger partial charge is 0.266 e. The molecule has 1 aliphatic rings. The van der Waals surface area contributed by atoms with Crippen molar-refractivity contribution in [3.05, 3.63) is 23.2 Å². The van der Waals surface area contributed by atoms with Gasteiger partial charge >= 0.3 is 0 Å². The Morgan fingerprint density at radius 2 is 2.21 bits per heavy atom. The van der Waals surface area contributed by atoms with Crippen LogP contribution >= 0.6 is 11.6 Å². The molecule has 0 spiro atoms. The number of hydrogen-bond donors (Lipinski definition) is 2. The number of halogens is 1. The Morgan fingerprint density at radius 3 is 2.95 bits per heavy atom. The summed E-state index contributed by atoms with van der Waals surface area (Å²) in [6.07, 6.45) is 0.719. The van der Waals surface area contributed by atoms with Gasteiger partial charge in [-0.15, -0.1) is 0 Å². The van der Waals surface area contributed by atoms with Crippen LogP contribution in [0.15, 0.2) is 28.1 Å². The number of methoxy groups -OCH3 is 1. The molecule has 0 aromatic heterocycles. The van der Waals surface area contributed by atoms with E-state index in [9.17, 15) is 8.42 Å². The van der Waals surface area contributed by atoms with E-state index in [1.54, 1.807) is 19.2 Å². The highest BCUT2D eigenvalue weighted by Crippen LogP contribution is 2.27. The number of fused-ring (bicyclic) bond motifs is 1. The highest BCUT2D eigenvalue weighted by molar-refractivity contribution is 7.90. The number of sulfonamides is 1. The van der Waals surface area contributed by atoms with Crippen molar-refractivity contribution >= 4 is 33.3 Å². The molecule has 104 valence electrons. The van der Waals surface area contributed by atoms with Crippen LogP contribution in [0.3, 0.4) is 0 Å². The molecule has 8 heteroatoms. The van der Waals surface area contributed by atoms with Crippen molar-refractivity contribution in [2.75, 3.05) is 25.6 Å². The van der Waals surface area contributed by atoms with Crippen LogP contribution in [0.2, 0.25) is 5.02 Å². The molecule has 0 unspecified atom stereocenters. The van der Waals surface area contributed by atoms with Gasteiger partial charge in [-0.2, -0.15) is 0 Å². The maximum absolute atomic E-state index is 12.0. The van der Waals surface area contributed by atoms with Crippen LogP contribution in [0.5, 0.6) is 0 Å². The molecule has 0 saturated heterocycles. The Bertz CT molecular complexity index is 601. The van der Waals surface area contributed by atoms with Crippen molar-refractivity contribution in [2.45, 2.75) is 11.3 Å². The van der Waals surface area contributed by atoms with Crippen LogP contribution in [0.1, 0.15) is 6.42 Å². The maximum Gasteiger partial charge on any atom is 0.266 e. The molecule has 0 atom stereocenters. The van der Waals surface area contributed by atoms with Gasteiger partial charge in [0.2, 0.25) is 5.96 Å². The second kappa shape index (κ2) is 5.77. The molecule has 0 radical (unpaired) electrons. The number of aliphatic imine (C=N–C) groups is 1. The summed E-state index contributed by atoms with van der Waals surface area (Å²) >= 11 is 5.79. The molecule has 0 amide bonds. The number of nitrogens with zero attached hydrogens (tertiary/aromatic N) is 1. The predicted molar refractivity (Wildman–Crippen MR) is 74.2 cm³/mol. The van der Waals surface area contributed by atoms with Crippen molar-refractivity contribution in [2.24, 2.45) is 4.99 Å². The molecule has 19 heavy (non-hydrogen) atoms. The Morgan fingerprint density at radius 1 is 1.42 bits per heavy atom. The lowest BCUT2D eigenvalue weighted by molar-refractivity contribution is 0.197. The van der Waals surface area contributed by atoms with Gasteiger partial charge in [0.05, 0.1) is 5.69 Å². The molecular weight excluding hydrogens is 290 g/mol. The van der Waals surface area contributed by atoms with Crippen LogP contribution in [0.4, 0.5) is 5.69 Å². The maximum atomic E-state index is 12.0. The minimum Gasteiger partial charge on any atom is -0.385 e. The van der Waals surface area contributed by atoms with E-state index in [1.165, 1.54) is 6.07 Å². The zero-order chi connectivity index (χ0) is 13.9. The molecule has 0 bridgehead atoms. The van der Waals surface area contributed by atoms with E-state index in [0.717, 1.165) is 6.42 Å². The van der Waals surface area contributed by atoms with Gasteiger partial charge in [-0.05, 0) is 24.6 Å². The fourth-order valence-electron chi connectivity index (χ4n) is 1.63. The fraction of sp³-hybridized carbons (Fsp3) is 0.364. The lowest BCUT2D eigenvalue weighted by Gasteiger charge is -2.21. The van der Waals surface area contributed by atoms with Gasteiger partial charge in [0.1, 0.15) is 4.90 Å². The third-order valence-electron chi connectivity index (χ3n) is 2.49. The van der Waals surface area contributed by atoms with Crippen LogP contribution in [-0.4, -0.2) is 34.6 Å². The lowest BCUT2D eigenvalue weighted by Crippen LogP contribution is -2.40. The standard InChI is InChI=1S/C11H14ClN3O3S/c1-18-6-2-5-13-11-14-9-4-3-8(12)7-10(9)19(16,17)15-11/h3-4,7H,2,5-6H2,1H3,(H2,13,14,15). The topological polar surface area (TPSA) is 79.8 Å². The Balaban J connectivity index is 2.21. The molecule has 0 fully saturated rings. The molecule has 1 aromatic carbocycles. The van der Waals surface area contributed by atoms with Crippen LogP contribution in [0, 0.1) is 0 Å². The van der Waals surface area contributed by atoms with Crippen molar-refractivity contribution < 1.29 is 13.2 Å². The highest BCUT2D eigenvalue weighted by Gasteiger charge is 2.26. The van der Waals surface area contributed by atoms with Crippen LogP contribution in [0.25, 0.3) is 0 Å². The first-order chi connectivity index (χ1) is 9.03. The van der Waals surface area contributed by atoms with Crippen molar-refractivity contribution in [3.63, 3.8) is 0 Å². The van der Waals surface area contributed by atoms with Gasteiger partial charge < -0.3 is 10.1 Å². The number of nitrogens with one attached hydrogen (secondary N) is 2. The third-order valence-corrected chi connectivity index (χ3v) is 4.11. The first-order valence-electron chi connectivity index (χ1n) is 5.66. The molecule has 0 aliphatic carbocycles. The van der Waals surface area contributed by atoms with Gasteiger partial charge in [0, 0.05) is 25.3 Å². The summed E-state index contributed by atoms with van der Waals surface area (Å²) in [5.41, 5.74) is 0.466. The lowest BCUT2D eigenvalue weighted by atomic mass is 10.3. The highest BCUT2D eigenvalue weighted by atomic mass is 35.5. The second-order valence-corrected chi connectivity index (χ2v) is 6.03. The average Bonchev–Trinajstić information content (AvgIpc) is 2.35. The Hall–Kier alpha value is -1.31. The van der Waals surface area contributed by atoms with E-state index in [4.69, 9.17) is 16.3 Å². The normalized spacial score (nSPS) is 18.5. The van der Waals surface area contributed by atoms with E-state index in [2.05, 4.69) is 15.0 Å². The molecule has 1 heterocycles. The molecule has 2 N–H and O–H groups in total. The zero-order valence-corrected chi connectivity index (χ0v) is 11.9. The number of benzene rings is 1. The summed E-state index contributed by atoms with van der Waals surface area (Å²) in [4.78, 5) is 4.26. The first-order valence-corrected chi connectivity index (χ1v) is 7.52. The molecular formula is C11H14ClN3O3S. The van der Waals surface area contributed by atoms with Crippen molar-refractivity contribution in [1.82, 2.24) is 4.72 Å². The summed E-state index contributed by atoms with van der Waals surface area (Å²) < 4.78 is 31.3. The van der Waals surface area contributed by atoms with E-state index in [-0.39, 0.29) is 10.9 Å². The first kappa shape index (κ1) is 14.1.